The number of halogens is 1. The summed E-state index contributed by atoms with van der Waals surface area (Å²) in [6, 6.07) is 9.77. The summed E-state index contributed by atoms with van der Waals surface area (Å²) in [4.78, 5) is 32.1. The molecule has 1 aromatic carbocycles. The molecule has 152 valence electrons. The van der Waals surface area contributed by atoms with E-state index in [1.807, 2.05) is 25.3 Å². The third kappa shape index (κ3) is 4.62. The Hall–Kier alpha value is -2.80. The van der Waals surface area contributed by atoms with Crippen LogP contribution in [-0.4, -0.2) is 35.4 Å². The molecule has 0 radical (unpaired) electrons. The number of ketones is 1. The Balaban J connectivity index is 1.97. The number of Topliss-reactive ketones (excluding diaryl/α,β-unsaturated/α-hetero) is 1. The van der Waals surface area contributed by atoms with Gasteiger partial charge in [-0.3, -0.25) is 14.6 Å². The number of allylic oxidation sites excluding steroid dienone is 1. The molecule has 2 N–H and O–H groups in total. The number of aliphatic imine (C=N–C) groups is 1. The van der Waals surface area contributed by atoms with Gasteiger partial charge in [0.25, 0.3) is 5.91 Å². The molecule has 0 bridgehead atoms. The maximum atomic E-state index is 13.2. The number of amides is 1. The molecule has 1 aliphatic rings. The molecule has 3 rings (SSSR count). The fraction of sp³-hybridized carbons (Fsp3) is 0.318. The van der Waals surface area contributed by atoms with Crippen molar-refractivity contribution in [1.29, 1.82) is 0 Å². The van der Waals surface area contributed by atoms with E-state index in [0.717, 1.165) is 5.56 Å². The van der Waals surface area contributed by atoms with Gasteiger partial charge in [0, 0.05) is 36.7 Å². The molecule has 1 aliphatic heterocycles. The summed E-state index contributed by atoms with van der Waals surface area (Å²) in [7, 11) is 0. The number of thiophene rings is 1. The zero-order valence-electron chi connectivity index (χ0n) is 16.7. The third-order valence-electron chi connectivity index (χ3n) is 4.92. The fourth-order valence-corrected chi connectivity index (χ4v) is 4.17. The summed E-state index contributed by atoms with van der Waals surface area (Å²) in [6.45, 7) is 6.41. The van der Waals surface area contributed by atoms with Crippen molar-refractivity contribution in [3.8, 4) is 0 Å². The highest BCUT2D eigenvalue weighted by Crippen LogP contribution is 2.32. The van der Waals surface area contributed by atoms with Gasteiger partial charge in [-0.25, -0.2) is 4.39 Å². The van der Waals surface area contributed by atoms with E-state index in [4.69, 9.17) is 10.7 Å². The maximum absolute atomic E-state index is 13.2. The molecular weight excluding hydrogens is 389 g/mol. The molecule has 1 amide bonds. The molecule has 1 fully saturated rings. The van der Waals surface area contributed by atoms with Gasteiger partial charge in [0.15, 0.2) is 5.78 Å². The molecule has 0 saturated carbocycles. The van der Waals surface area contributed by atoms with Gasteiger partial charge >= 0.3 is 0 Å². The Kier molecular flexibility index (Phi) is 5.98. The Labute approximate surface area is 173 Å². The van der Waals surface area contributed by atoms with Crippen molar-refractivity contribution >= 4 is 28.7 Å². The molecule has 5 nitrogen and oxygen atoms in total. The van der Waals surface area contributed by atoms with Gasteiger partial charge in [-0.1, -0.05) is 32.0 Å². The molecule has 1 saturated heterocycles. The average molecular weight is 414 g/mol. The first-order valence-electron chi connectivity index (χ1n) is 9.31. The van der Waals surface area contributed by atoms with E-state index in [2.05, 4.69) is 0 Å². The summed E-state index contributed by atoms with van der Waals surface area (Å²) in [5.41, 5.74) is 7.91. The van der Waals surface area contributed by atoms with Gasteiger partial charge in [0.1, 0.15) is 5.82 Å². The lowest BCUT2D eigenvalue weighted by Crippen LogP contribution is -2.51. The van der Waals surface area contributed by atoms with Crippen molar-refractivity contribution in [2.75, 3.05) is 13.1 Å². The lowest BCUT2D eigenvalue weighted by Gasteiger charge is -2.41. The predicted octanol–water partition coefficient (Wildman–Crippen LogP) is 3.81. The van der Waals surface area contributed by atoms with Crippen LogP contribution < -0.4 is 5.73 Å². The predicted molar refractivity (Wildman–Crippen MR) is 113 cm³/mol. The first-order valence-corrected chi connectivity index (χ1v) is 10.2. The minimum Gasteiger partial charge on any atom is -0.396 e. The maximum Gasteiger partial charge on any atom is 0.264 e. The van der Waals surface area contributed by atoms with Crippen LogP contribution in [0.5, 0.6) is 0 Å². The smallest absolute Gasteiger partial charge is 0.264 e. The van der Waals surface area contributed by atoms with Gasteiger partial charge in [0.2, 0.25) is 0 Å². The van der Waals surface area contributed by atoms with Crippen LogP contribution in [0.1, 0.15) is 36.0 Å². The Morgan fingerprint density at radius 3 is 2.52 bits per heavy atom. The Bertz CT molecular complexity index is 976. The second-order valence-corrected chi connectivity index (χ2v) is 8.71. The first kappa shape index (κ1) is 20.9. The van der Waals surface area contributed by atoms with Crippen LogP contribution in [0.25, 0.3) is 0 Å². The van der Waals surface area contributed by atoms with Crippen molar-refractivity contribution in [2.24, 2.45) is 16.1 Å². The quantitative estimate of drug-likeness (QED) is 0.775. The minimum atomic E-state index is -0.499. The van der Waals surface area contributed by atoms with Crippen molar-refractivity contribution < 1.29 is 14.0 Å². The zero-order chi connectivity index (χ0) is 21.2. The number of piperidine rings is 1. The summed E-state index contributed by atoms with van der Waals surface area (Å²) < 4.78 is 13.2. The number of nitrogens with zero attached hydrogens (tertiary/aromatic N) is 2. The highest BCUT2D eigenvalue weighted by atomic mass is 32.1. The van der Waals surface area contributed by atoms with Crippen LogP contribution in [0.4, 0.5) is 4.39 Å². The average Bonchev–Trinajstić information content (AvgIpc) is 3.20. The number of carbonyl (C=O) groups is 2. The molecular formula is C22H24FN3O2S. The van der Waals surface area contributed by atoms with Crippen LogP contribution in [-0.2, 0) is 11.3 Å². The van der Waals surface area contributed by atoms with E-state index in [1.165, 1.54) is 30.4 Å². The molecule has 0 atom stereocenters. The molecule has 7 heteroatoms. The SMILES string of the molecule is CC(=O)C(N)=C1CN(C(=O)c2cccs2)CC(C)(C)C1=NCc1ccc(F)cc1. The van der Waals surface area contributed by atoms with E-state index >= 15 is 0 Å². The second-order valence-electron chi connectivity index (χ2n) is 7.76. The number of rotatable bonds is 4. The lowest BCUT2D eigenvalue weighted by atomic mass is 9.78. The number of likely N-dealkylation sites (tertiary alicyclic amines) is 1. The second kappa shape index (κ2) is 8.29. The Morgan fingerprint density at radius 2 is 1.93 bits per heavy atom. The topological polar surface area (TPSA) is 75.8 Å². The highest BCUT2D eigenvalue weighted by Gasteiger charge is 2.39. The van der Waals surface area contributed by atoms with Gasteiger partial charge in [-0.05, 0) is 29.1 Å². The van der Waals surface area contributed by atoms with E-state index in [-0.39, 0.29) is 29.7 Å². The van der Waals surface area contributed by atoms with Gasteiger partial charge in [-0.15, -0.1) is 11.3 Å². The number of carbonyl (C=O) groups excluding carboxylic acids is 2. The van der Waals surface area contributed by atoms with Crippen LogP contribution in [0.15, 0.2) is 58.0 Å². The van der Waals surface area contributed by atoms with Crippen molar-refractivity contribution in [3.05, 3.63) is 69.3 Å². The van der Waals surface area contributed by atoms with Crippen molar-refractivity contribution in [2.45, 2.75) is 27.3 Å². The van der Waals surface area contributed by atoms with E-state index in [1.54, 1.807) is 23.1 Å². The van der Waals surface area contributed by atoms with Crippen molar-refractivity contribution in [3.63, 3.8) is 0 Å². The number of benzene rings is 1. The summed E-state index contributed by atoms with van der Waals surface area (Å²) in [6.07, 6.45) is 0. The molecule has 2 heterocycles. The number of hydrogen-bond donors (Lipinski definition) is 1. The molecule has 29 heavy (non-hydrogen) atoms. The van der Waals surface area contributed by atoms with E-state index in [9.17, 15) is 14.0 Å². The van der Waals surface area contributed by atoms with Crippen molar-refractivity contribution in [1.82, 2.24) is 4.90 Å². The summed E-state index contributed by atoms with van der Waals surface area (Å²) in [5, 5.41) is 1.86. The standard InChI is InChI=1S/C22H24FN3O2S/c1-14(27)19(24)17-12-26(21(28)18-5-4-10-29-18)13-22(2,3)20(17)25-11-15-6-8-16(23)9-7-15/h4-10H,11-13,24H2,1-3H3. The Morgan fingerprint density at radius 1 is 1.24 bits per heavy atom. The van der Waals surface area contributed by atoms with E-state index in [0.29, 0.717) is 29.3 Å². The van der Waals surface area contributed by atoms with Crippen LogP contribution in [0.3, 0.4) is 0 Å². The first-order chi connectivity index (χ1) is 13.7. The number of nitrogens with two attached hydrogens (primary N) is 1. The molecule has 0 aliphatic carbocycles. The number of hydrogen-bond acceptors (Lipinski definition) is 5. The van der Waals surface area contributed by atoms with Gasteiger partial charge in [0.05, 0.1) is 17.1 Å². The van der Waals surface area contributed by atoms with Crippen LogP contribution in [0, 0.1) is 11.2 Å². The fourth-order valence-electron chi connectivity index (χ4n) is 3.48. The molecule has 0 spiro atoms. The highest BCUT2D eigenvalue weighted by molar-refractivity contribution is 7.12. The molecule has 2 aromatic rings. The summed E-state index contributed by atoms with van der Waals surface area (Å²) >= 11 is 1.38. The molecule has 0 unspecified atom stereocenters. The normalized spacial score (nSPS) is 19.3. The minimum absolute atomic E-state index is 0.0838. The van der Waals surface area contributed by atoms with Crippen LogP contribution >= 0.6 is 11.3 Å². The summed E-state index contributed by atoms with van der Waals surface area (Å²) in [5.74, 6) is -0.640. The largest absolute Gasteiger partial charge is 0.396 e. The van der Waals surface area contributed by atoms with Gasteiger partial charge in [-0.2, -0.15) is 0 Å². The van der Waals surface area contributed by atoms with Gasteiger partial charge < -0.3 is 10.6 Å². The third-order valence-corrected chi connectivity index (χ3v) is 5.78. The van der Waals surface area contributed by atoms with Crippen LogP contribution in [0.2, 0.25) is 0 Å². The van der Waals surface area contributed by atoms with E-state index < -0.39 is 5.41 Å². The lowest BCUT2D eigenvalue weighted by molar-refractivity contribution is -0.113. The monoisotopic (exact) mass is 413 g/mol. The zero-order valence-corrected chi connectivity index (χ0v) is 17.6. The molecule has 1 aromatic heterocycles.